The summed E-state index contributed by atoms with van der Waals surface area (Å²) < 4.78 is 4.84. The zero-order valence-corrected chi connectivity index (χ0v) is 6.45. The Morgan fingerprint density at radius 1 is 1.64 bits per heavy atom. The smallest absolute Gasteiger partial charge is 0.309 e. The van der Waals surface area contributed by atoms with Gasteiger partial charge in [-0.1, -0.05) is 18.7 Å². The van der Waals surface area contributed by atoms with Gasteiger partial charge in [-0.3, -0.25) is 4.79 Å². The lowest BCUT2D eigenvalue weighted by molar-refractivity contribution is -0.144. The van der Waals surface area contributed by atoms with Crippen molar-refractivity contribution in [2.75, 3.05) is 6.61 Å². The zero-order valence-electron chi connectivity index (χ0n) is 6.45. The highest BCUT2D eigenvalue weighted by Gasteiger charge is 2.41. The normalized spacial score (nSPS) is 27.3. The Morgan fingerprint density at radius 2 is 2.36 bits per heavy atom. The summed E-state index contributed by atoms with van der Waals surface area (Å²) in [5, 5.41) is 0. The number of hydrogen-bond acceptors (Lipinski definition) is 2. The number of carbonyl (C=O) groups is 1. The lowest BCUT2D eigenvalue weighted by atomic mass is 10.3. The molecule has 0 N–H and O–H groups in total. The number of hydrogen-bond donors (Lipinski definition) is 0. The lowest BCUT2D eigenvalue weighted by Gasteiger charge is -1.98. The van der Waals surface area contributed by atoms with Crippen molar-refractivity contribution >= 4 is 5.97 Å². The maximum Gasteiger partial charge on any atom is 0.309 e. The van der Waals surface area contributed by atoms with Gasteiger partial charge in [0.15, 0.2) is 0 Å². The molecule has 0 radical (unpaired) electrons. The minimum Gasteiger partial charge on any atom is -0.461 e. The highest BCUT2D eigenvalue weighted by Crippen LogP contribution is 2.39. The molecule has 0 saturated heterocycles. The van der Waals surface area contributed by atoms with Gasteiger partial charge in [-0.05, 0) is 12.3 Å². The van der Waals surface area contributed by atoms with Gasteiger partial charge >= 0.3 is 5.97 Å². The Labute approximate surface area is 66.5 Å². The maximum atomic E-state index is 11.0. The topological polar surface area (TPSA) is 26.3 Å². The average Bonchev–Trinajstić information content (AvgIpc) is 2.78. The minimum absolute atomic E-state index is 0.0763. The molecule has 0 aromatic heterocycles. The van der Waals surface area contributed by atoms with Crippen molar-refractivity contribution < 1.29 is 9.53 Å². The van der Waals surface area contributed by atoms with Crippen molar-refractivity contribution in [3.05, 3.63) is 25.3 Å². The van der Waals surface area contributed by atoms with Crippen LogP contribution in [0, 0.1) is 11.8 Å². The number of esters is 1. The summed E-state index contributed by atoms with van der Waals surface area (Å²) in [5.41, 5.74) is 0. The van der Waals surface area contributed by atoms with Gasteiger partial charge in [0.1, 0.15) is 6.61 Å². The maximum absolute atomic E-state index is 11.0. The molecule has 11 heavy (non-hydrogen) atoms. The molecular formula is C9H12O2. The van der Waals surface area contributed by atoms with E-state index in [1.807, 2.05) is 0 Å². The molecule has 1 aliphatic carbocycles. The van der Waals surface area contributed by atoms with Crippen LogP contribution in [0.1, 0.15) is 6.42 Å². The fraction of sp³-hybridized carbons (Fsp3) is 0.444. The standard InChI is InChI=1S/C9H12O2/c1-3-5-11-9(10)8-6-7(8)4-2/h3-4,7-8H,1-2,5-6H2/t7-,8+/m1/s1. The van der Waals surface area contributed by atoms with Gasteiger partial charge in [-0.2, -0.15) is 0 Å². The van der Waals surface area contributed by atoms with Crippen molar-refractivity contribution in [2.24, 2.45) is 11.8 Å². The second-order valence-corrected chi connectivity index (χ2v) is 2.66. The van der Waals surface area contributed by atoms with E-state index < -0.39 is 0 Å². The van der Waals surface area contributed by atoms with Gasteiger partial charge in [0, 0.05) is 0 Å². The van der Waals surface area contributed by atoms with E-state index in [4.69, 9.17) is 4.74 Å². The van der Waals surface area contributed by atoms with Crippen LogP contribution in [0.3, 0.4) is 0 Å². The average molecular weight is 152 g/mol. The first-order valence-corrected chi connectivity index (χ1v) is 3.69. The lowest BCUT2D eigenvalue weighted by Crippen LogP contribution is -2.07. The Kier molecular flexibility index (Phi) is 2.47. The molecule has 0 aromatic carbocycles. The Hall–Kier alpha value is -1.05. The largest absolute Gasteiger partial charge is 0.461 e. The zero-order chi connectivity index (χ0) is 8.27. The molecule has 1 saturated carbocycles. The predicted molar refractivity (Wildman–Crippen MR) is 43.0 cm³/mol. The Bertz CT molecular complexity index is 184. The summed E-state index contributed by atoms with van der Waals surface area (Å²) in [6.45, 7) is 7.38. The van der Waals surface area contributed by atoms with E-state index in [0.717, 1.165) is 6.42 Å². The van der Waals surface area contributed by atoms with Gasteiger partial charge in [0.25, 0.3) is 0 Å². The van der Waals surface area contributed by atoms with Crippen LogP contribution in [-0.4, -0.2) is 12.6 Å². The first kappa shape index (κ1) is 8.05. The molecule has 0 aromatic rings. The van der Waals surface area contributed by atoms with E-state index in [2.05, 4.69) is 13.2 Å². The number of allylic oxidation sites excluding steroid dienone is 1. The van der Waals surface area contributed by atoms with E-state index in [1.54, 1.807) is 12.2 Å². The van der Waals surface area contributed by atoms with Crippen molar-refractivity contribution in [2.45, 2.75) is 6.42 Å². The fourth-order valence-corrected chi connectivity index (χ4v) is 0.994. The summed E-state index contributed by atoms with van der Waals surface area (Å²) in [6, 6.07) is 0. The van der Waals surface area contributed by atoms with Crippen LogP contribution in [-0.2, 0) is 9.53 Å². The van der Waals surface area contributed by atoms with E-state index >= 15 is 0 Å². The van der Waals surface area contributed by atoms with E-state index in [1.165, 1.54) is 0 Å². The molecule has 0 aliphatic heterocycles. The van der Waals surface area contributed by atoms with Gasteiger partial charge in [0.05, 0.1) is 5.92 Å². The molecular weight excluding hydrogens is 140 g/mol. The quantitative estimate of drug-likeness (QED) is 0.451. The van der Waals surface area contributed by atoms with Crippen molar-refractivity contribution in [1.29, 1.82) is 0 Å². The summed E-state index contributed by atoms with van der Waals surface area (Å²) in [6.07, 6.45) is 4.28. The monoisotopic (exact) mass is 152 g/mol. The second-order valence-electron chi connectivity index (χ2n) is 2.66. The van der Waals surface area contributed by atoms with E-state index in [-0.39, 0.29) is 11.9 Å². The van der Waals surface area contributed by atoms with Gasteiger partial charge < -0.3 is 4.74 Å². The third-order valence-electron chi connectivity index (χ3n) is 1.79. The second kappa shape index (κ2) is 3.37. The molecule has 2 nitrogen and oxygen atoms in total. The molecule has 0 heterocycles. The predicted octanol–water partition coefficient (Wildman–Crippen LogP) is 1.54. The number of ether oxygens (including phenoxy) is 1. The fourth-order valence-electron chi connectivity index (χ4n) is 0.994. The third-order valence-corrected chi connectivity index (χ3v) is 1.79. The van der Waals surface area contributed by atoms with Crippen LogP contribution in [0.2, 0.25) is 0 Å². The van der Waals surface area contributed by atoms with Crippen LogP contribution in [0.15, 0.2) is 25.3 Å². The Balaban J connectivity index is 2.22. The molecule has 60 valence electrons. The molecule has 0 amide bonds. The van der Waals surface area contributed by atoms with Gasteiger partial charge in [-0.25, -0.2) is 0 Å². The minimum atomic E-state index is -0.116. The van der Waals surface area contributed by atoms with Crippen LogP contribution in [0.5, 0.6) is 0 Å². The number of rotatable bonds is 4. The van der Waals surface area contributed by atoms with Crippen molar-refractivity contribution in [1.82, 2.24) is 0 Å². The van der Waals surface area contributed by atoms with Crippen LogP contribution in [0.25, 0.3) is 0 Å². The summed E-state index contributed by atoms with van der Waals surface area (Å²) in [7, 11) is 0. The summed E-state index contributed by atoms with van der Waals surface area (Å²) in [4.78, 5) is 11.0. The Morgan fingerprint density at radius 3 is 2.82 bits per heavy atom. The molecule has 1 aliphatic rings. The van der Waals surface area contributed by atoms with Crippen molar-refractivity contribution in [3.8, 4) is 0 Å². The molecule has 0 unspecified atom stereocenters. The molecule has 1 fully saturated rings. The number of carbonyl (C=O) groups excluding carboxylic acids is 1. The van der Waals surface area contributed by atoms with E-state index in [9.17, 15) is 4.79 Å². The highest BCUT2D eigenvalue weighted by atomic mass is 16.5. The molecule has 0 bridgehead atoms. The highest BCUT2D eigenvalue weighted by molar-refractivity contribution is 5.76. The third kappa shape index (κ3) is 1.93. The summed E-state index contributed by atoms with van der Waals surface area (Å²) in [5.74, 6) is 0.314. The first-order chi connectivity index (χ1) is 5.29. The van der Waals surface area contributed by atoms with Crippen molar-refractivity contribution in [3.63, 3.8) is 0 Å². The van der Waals surface area contributed by atoms with Crippen LogP contribution >= 0.6 is 0 Å². The SMILES string of the molecule is C=CCOC(=O)[C@H]1C[C@H]1C=C. The molecule has 1 rings (SSSR count). The van der Waals surface area contributed by atoms with Gasteiger partial charge in [-0.15, -0.1) is 6.58 Å². The molecule has 2 atom stereocenters. The van der Waals surface area contributed by atoms with Gasteiger partial charge in [0.2, 0.25) is 0 Å². The first-order valence-electron chi connectivity index (χ1n) is 3.69. The van der Waals surface area contributed by atoms with Crippen LogP contribution < -0.4 is 0 Å². The van der Waals surface area contributed by atoms with E-state index in [0.29, 0.717) is 12.5 Å². The summed E-state index contributed by atoms with van der Waals surface area (Å²) >= 11 is 0. The van der Waals surface area contributed by atoms with Crippen LogP contribution in [0.4, 0.5) is 0 Å². The molecule has 2 heteroatoms. The molecule has 0 spiro atoms.